The Kier molecular flexibility index (Phi) is 10.6. The van der Waals surface area contributed by atoms with Crippen LogP contribution in [0.3, 0.4) is 0 Å². The maximum atomic E-state index is 13.7. The maximum Gasteiger partial charge on any atom is 0.261 e. The Bertz CT molecular complexity index is 1150. The molecule has 0 heterocycles. The second-order valence-corrected chi connectivity index (χ2v) is 10.4. The molecule has 3 aromatic carbocycles. The van der Waals surface area contributed by atoms with Gasteiger partial charge in [0.1, 0.15) is 11.8 Å². The summed E-state index contributed by atoms with van der Waals surface area (Å²) < 4.78 is 5.87. The Morgan fingerprint density at radius 1 is 0.892 bits per heavy atom. The Balaban J connectivity index is 1.88. The van der Waals surface area contributed by atoms with Crippen LogP contribution in [0.2, 0.25) is 5.02 Å². The molecule has 6 heteroatoms. The van der Waals surface area contributed by atoms with E-state index in [1.54, 1.807) is 11.0 Å². The molecule has 196 valence electrons. The van der Waals surface area contributed by atoms with Crippen LogP contribution in [-0.4, -0.2) is 35.9 Å². The van der Waals surface area contributed by atoms with Crippen LogP contribution in [0.5, 0.6) is 5.75 Å². The van der Waals surface area contributed by atoms with E-state index < -0.39 is 6.04 Å². The first-order chi connectivity index (χ1) is 17.7. The number of hydrogen-bond acceptors (Lipinski definition) is 3. The highest BCUT2D eigenvalue weighted by Crippen LogP contribution is 2.22. The van der Waals surface area contributed by atoms with Crippen LogP contribution in [0.25, 0.3) is 0 Å². The van der Waals surface area contributed by atoms with Crippen LogP contribution in [0.1, 0.15) is 50.3 Å². The van der Waals surface area contributed by atoms with E-state index in [-0.39, 0.29) is 30.9 Å². The number of carbonyl (C=O) groups is 2. The van der Waals surface area contributed by atoms with Gasteiger partial charge in [-0.1, -0.05) is 100.0 Å². The summed E-state index contributed by atoms with van der Waals surface area (Å²) in [7, 11) is 0. The lowest BCUT2D eigenvalue weighted by molar-refractivity contribution is -0.142. The first kappa shape index (κ1) is 28.3. The van der Waals surface area contributed by atoms with Gasteiger partial charge in [-0.25, -0.2) is 0 Å². The van der Waals surface area contributed by atoms with E-state index in [9.17, 15) is 9.59 Å². The predicted octanol–water partition coefficient (Wildman–Crippen LogP) is 6.25. The van der Waals surface area contributed by atoms with Crippen molar-refractivity contribution in [1.82, 2.24) is 10.2 Å². The van der Waals surface area contributed by atoms with Gasteiger partial charge in [0.05, 0.1) is 0 Å². The first-order valence-electron chi connectivity index (χ1n) is 12.8. The van der Waals surface area contributed by atoms with Crippen molar-refractivity contribution in [2.75, 3.05) is 13.2 Å². The number of ether oxygens (including phenoxy) is 1. The van der Waals surface area contributed by atoms with Crippen LogP contribution >= 0.6 is 11.6 Å². The minimum atomic E-state index is -0.725. The molecular formula is C31H37ClN2O3. The molecule has 5 nitrogen and oxygen atoms in total. The van der Waals surface area contributed by atoms with Gasteiger partial charge in [-0.05, 0) is 46.7 Å². The summed E-state index contributed by atoms with van der Waals surface area (Å²) in [4.78, 5) is 28.7. The van der Waals surface area contributed by atoms with E-state index in [0.29, 0.717) is 29.7 Å². The molecule has 0 bridgehead atoms. The summed E-state index contributed by atoms with van der Waals surface area (Å²) in [6.07, 6.45) is 0.379. The predicted molar refractivity (Wildman–Crippen MR) is 150 cm³/mol. The molecule has 0 saturated heterocycles. The summed E-state index contributed by atoms with van der Waals surface area (Å²) in [6, 6.07) is 24.1. The maximum absolute atomic E-state index is 13.7. The van der Waals surface area contributed by atoms with Gasteiger partial charge in [0, 0.05) is 24.5 Å². The fourth-order valence-electron chi connectivity index (χ4n) is 3.96. The van der Waals surface area contributed by atoms with Gasteiger partial charge in [0.15, 0.2) is 6.61 Å². The fraction of sp³-hybridized carbons (Fsp3) is 0.355. The van der Waals surface area contributed by atoms with E-state index in [2.05, 4.69) is 19.2 Å². The second-order valence-electron chi connectivity index (χ2n) is 9.97. The van der Waals surface area contributed by atoms with Gasteiger partial charge in [-0.15, -0.1) is 0 Å². The quantitative estimate of drug-likeness (QED) is 0.307. The van der Waals surface area contributed by atoms with Crippen molar-refractivity contribution in [2.45, 2.75) is 52.6 Å². The molecular weight excluding hydrogens is 484 g/mol. The molecule has 0 aliphatic carbocycles. The molecule has 2 amide bonds. The Labute approximate surface area is 225 Å². The molecule has 1 N–H and O–H groups in total. The Morgan fingerprint density at radius 3 is 2.16 bits per heavy atom. The molecule has 3 aromatic rings. The summed E-state index contributed by atoms with van der Waals surface area (Å²) in [6.45, 7) is 8.87. The number of hydrogen-bond donors (Lipinski definition) is 1. The number of benzene rings is 3. The number of rotatable bonds is 12. The highest BCUT2D eigenvalue weighted by molar-refractivity contribution is 6.31. The molecule has 0 aliphatic heterocycles. The lowest BCUT2D eigenvalue weighted by atomic mass is 10.0. The van der Waals surface area contributed by atoms with Gasteiger partial charge in [0.25, 0.3) is 5.91 Å². The molecule has 0 fully saturated rings. The molecule has 3 rings (SSSR count). The van der Waals surface area contributed by atoms with E-state index in [1.807, 2.05) is 86.6 Å². The third kappa shape index (κ3) is 8.64. The molecule has 0 spiro atoms. The number of carbonyl (C=O) groups excluding carboxylic acids is 2. The minimum Gasteiger partial charge on any atom is -0.484 e. The average molecular weight is 521 g/mol. The third-order valence-corrected chi connectivity index (χ3v) is 6.53. The number of nitrogens with zero attached hydrogens (tertiary/aromatic N) is 1. The van der Waals surface area contributed by atoms with Crippen molar-refractivity contribution in [3.05, 3.63) is 101 Å². The normalized spacial score (nSPS) is 11.9. The van der Waals surface area contributed by atoms with Crippen LogP contribution < -0.4 is 10.1 Å². The molecule has 1 atom stereocenters. The molecule has 0 saturated carbocycles. The monoisotopic (exact) mass is 520 g/mol. The Morgan fingerprint density at radius 2 is 1.54 bits per heavy atom. The van der Waals surface area contributed by atoms with Crippen molar-refractivity contribution in [3.63, 3.8) is 0 Å². The largest absolute Gasteiger partial charge is 0.484 e. The summed E-state index contributed by atoms with van der Waals surface area (Å²) >= 11 is 6.46. The topological polar surface area (TPSA) is 58.6 Å². The zero-order valence-electron chi connectivity index (χ0n) is 22.1. The zero-order valence-corrected chi connectivity index (χ0v) is 22.9. The number of halogens is 1. The van der Waals surface area contributed by atoms with E-state index in [4.69, 9.17) is 16.3 Å². The van der Waals surface area contributed by atoms with Crippen molar-refractivity contribution in [1.29, 1.82) is 0 Å². The molecule has 37 heavy (non-hydrogen) atoms. The third-order valence-electron chi connectivity index (χ3n) is 6.16. The van der Waals surface area contributed by atoms with E-state index in [0.717, 1.165) is 11.1 Å². The van der Waals surface area contributed by atoms with Crippen LogP contribution in [0.15, 0.2) is 78.9 Å². The van der Waals surface area contributed by atoms with Crippen molar-refractivity contribution < 1.29 is 14.3 Å². The second kappa shape index (κ2) is 13.8. The number of nitrogens with one attached hydrogen (secondary N) is 1. The van der Waals surface area contributed by atoms with Crippen molar-refractivity contribution in [2.24, 2.45) is 5.92 Å². The fourth-order valence-corrected chi connectivity index (χ4v) is 4.16. The Hall–Kier alpha value is -3.31. The standard InChI is InChI=1S/C31H37ClN2O3/c1-22(2)19-33-31(36)29(18-24-10-6-5-7-11-24)34(20-26-12-8-9-13-28(26)32)30(35)21-37-27-16-14-25(15-17-27)23(3)4/h5-17,22-23,29H,18-21H2,1-4H3,(H,33,36)/t29-/m1/s1. The molecule has 0 aliphatic rings. The highest BCUT2D eigenvalue weighted by atomic mass is 35.5. The summed E-state index contributed by atoms with van der Waals surface area (Å²) in [5.41, 5.74) is 2.94. The first-order valence-corrected chi connectivity index (χ1v) is 13.2. The van der Waals surface area contributed by atoms with Gasteiger partial charge in [-0.3, -0.25) is 9.59 Å². The molecule has 0 unspecified atom stereocenters. The zero-order chi connectivity index (χ0) is 26.8. The minimum absolute atomic E-state index is 0.186. The smallest absolute Gasteiger partial charge is 0.261 e. The van der Waals surface area contributed by atoms with Gasteiger partial charge in [0.2, 0.25) is 5.91 Å². The van der Waals surface area contributed by atoms with Crippen LogP contribution in [-0.2, 0) is 22.6 Å². The van der Waals surface area contributed by atoms with Crippen LogP contribution in [0.4, 0.5) is 0 Å². The SMILES string of the molecule is CC(C)CNC(=O)[C@@H](Cc1ccccc1)N(Cc1ccccc1Cl)C(=O)COc1ccc(C(C)C)cc1. The average Bonchev–Trinajstić information content (AvgIpc) is 2.89. The summed E-state index contributed by atoms with van der Waals surface area (Å²) in [5.74, 6) is 0.822. The van der Waals surface area contributed by atoms with Gasteiger partial charge < -0.3 is 15.0 Å². The highest BCUT2D eigenvalue weighted by Gasteiger charge is 2.31. The van der Waals surface area contributed by atoms with Gasteiger partial charge in [-0.2, -0.15) is 0 Å². The van der Waals surface area contributed by atoms with E-state index >= 15 is 0 Å². The van der Waals surface area contributed by atoms with E-state index in [1.165, 1.54) is 5.56 Å². The summed E-state index contributed by atoms with van der Waals surface area (Å²) in [5, 5.41) is 3.57. The van der Waals surface area contributed by atoms with Crippen molar-refractivity contribution in [3.8, 4) is 5.75 Å². The lowest BCUT2D eigenvalue weighted by Crippen LogP contribution is -2.52. The molecule has 0 radical (unpaired) electrons. The lowest BCUT2D eigenvalue weighted by Gasteiger charge is -2.32. The van der Waals surface area contributed by atoms with Gasteiger partial charge >= 0.3 is 0 Å². The van der Waals surface area contributed by atoms with Crippen molar-refractivity contribution >= 4 is 23.4 Å². The number of amides is 2. The molecule has 0 aromatic heterocycles. The van der Waals surface area contributed by atoms with Crippen LogP contribution in [0, 0.1) is 5.92 Å².